The van der Waals surface area contributed by atoms with Crippen LogP contribution in [0, 0.1) is 0 Å². The zero-order chi connectivity index (χ0) is 15.5. The minimum atomic E-state index is -0.517. The van der Waals surface area contributed by atoms with E-state index in [4.69, 9.17) is 16.2 Å². The van der Waals surface area contributed by atoms with E-state index in [1.165, 1.54) is 6.20 Å². The van der Waals surface area contributed by atoms with Crippen molar-refractivity contribution in [2.75, 3.05) is 0 Å². The van der Waals surface area contributed by atoms with Gasteiger partial charge in [-0.05, 0) is 23.1 Å². The summed E-state index contributed by atoms with van der Waals surface area (Å²) in [4.78, 5) is 15.1. The average Bonchev–Trinajstić information content (AvgIpc) is 2.55. The van der Waals surface area contributed by atoms with Gasteiger partial charge in [0.15, 0.2) is 0 Å². The first-order valence-corrected chi connectivity index (χ1v) is 6.83. The van der Waals surface area contributed by atoms with Crippen molar-refractivity contribution in [3.8, 4) is 11.6 Å². The van der Waals surface area contributed by atoms with Crippen LogP contribution in [-0.4, -0.2) is 10.9 Å². The SMILES string of the molecule is NCc1ccc(Oc2ccc(C(N)=O)cn2)c2ccccc12. The topological polar surface area (TPSA) is 91.2 Å². The number of hydrogen-bond acceptors (Lipinski definition) is 4. The van der Waals surface area contributed by atoms with Gasteiger partial charge in [-0.25, -0.2) is 4.98 Å². The average molecular weight is 293 g/mol. The maximum atomic E-state index is 11.0. The molecule has 0 unspecified atom stereocenters. The van der Waals surface area contributed by atoms with E-state index < -0.39 is 5.91 Å². The van der Waals surface area contributed by atoms with E-state index >= 15 is 0 Å². The van der Waals surface area contributed by atoms with Gasteiger partial charge in [-0.2, -0.15) is 0 Å². The lowest BCUT2D eigenvalue weighted by Gasteiger charge is -2.11. The molecule has 1 heterocycles. The van der Waals surface area contributed by atoms with Gasteiger partial charge in [-0.15, -0.1) is 0 Å². The predicted octanol–water partition coefficient (Wildman–Crippen LogP) is 2.58. The van der Waals surface area contributed by atoms with Crippen LogP contribution in [0.2, 0.25) is 0 Å². The molecular formula is C17H15N3O2. The molecule has 3 rings (SSSR count). The Bertz CT molecular complexity index is 829. The van der Waals surface area contributed by atoms with E-state index in [0.29, 0.717) is 23.7 Å². The number of nitrogens with zero attached hydrogens (tertiary/aromatic N) is 1. The van der Waals surface area contributed by atoms with E-state index in [1.807, 2.05) is 36.4 Å². The summed E-state index contributed by atoms with van der Waals surface area (Å²) < 4.78 is 5.82. The van der Waals surface area contributed by atoms with Crippen LogP contribution in [0.15, 0.2) is 54.7 Å². The first kappa shape index (κ1) is 14.0. The molecule has 22 heavy (non-hydrogen) atoms. The fraction of sp³-hybridized carbons (Fsp3) is 0.0588. The Morgan fingerprint density at radius 3 is 2.45 bits per heavy atom. The fourth-order valence-electron chi connectivity index (χ4n) is 2.30. The highest BCUT2D eigenvalue weighted by Crippen LogP contribution is 2.31. The van der Waals surface area contributed by atoms with E-state index in [2.05, 4.69) is 4.98 Å². The number of nitrogens with two attached hydrogens (primary N) is 2. The highest BCUT2D eigenvalue weighted by molar-refractivity contribution is 5.92. The number of hydrogen-bond donors (Lipinski definition) is 2. The molecule has 3 aromatic rings. The minimum Gasteiger partial charge on any atom is -0.438 e. The quantitative estimate of drug-likeness (QED) is 0.773. The van der Waals surface area contributed by atoms with Gasteiger partial charge in [0.05, 0.1) is 5.56 Å². The number of carbonyl (C=O) groups excluding carboxylic acids is 1. The highest BCUT2D eigenvalue weighted by Gasteiger charge is 2.08. The third kappa shape index (κ3) is 2.62. The van der Waals surface area contributed by atoms with Crippen molar-refractivity contribution in [1.29, 1.82) is 0 Å². The summed E-state index contributed by atoms with van der Waals surface area (Å²) in [7, 11) is 0. The van der Waals surface area contributed by atoms with Crippen molar-refractivity contribution in [3.05, 3.63) is 65.9 Å². The Balaban J connectivity index is 1.99. The molecule has 4 N–H and O–H groups in total. The van der Waals surface area contributed by atoms with Gasteiger partial charge in [-0.1, -0.05) is 30.3 Å². The molecule has 0 radical (unpaired) electrons. The molecule has 0 fully saturated rings. The van der Waals surface area contributed by atoms with Crippen LogP contribution >= 0.6 is 0 Å². The molecule has 110 valence electrons. The number of primary amides is 1. The molecule has 5 nitrogen and oxygen atoms in total. The van der Waals surface area contributed by atoms with Crippen LogP contribution in [0.25, 0.3) is 10.8 Å². The van der Waals surface area contributed by atoms with Crippen LogP contribution in [0.4, 0.5) is 0 Å². The number of carbonyl (C=O) groups is 1. The van der Waals surface area contributed by atoms with Crippen LogP contribution in [0.1, 0.15) is 15.9 Å². The largest absolute Gasteiger partial charge is 0.438 e. The second-order valence-electron chi connectivity index (χ2n) is 4.82. The molecule has 0 saturated heterocycles. The van der Waals surface area contributed by atoms with Crippen molar-refractivity contribution in [3.63, 3.8) is 0 Å². The summed E-state index contributed by atoms with van der Waals surface area (Å²) >= 11 is 0. The van der Waals surface area contributed by atoms with Crippen LogP contribution in [0.3, 0.4) is 0 Å². The second kappa shape index (κ2) is 5.83. The number of benzene rings is 2. The summed E-state index contributed by atoms with van der Waals surface area (Å²) in [5.41, 5.74) is 12.4. The van der Waals surface area contributed by atoms with Crippen LogP contribution < -0.4 is 16.2 Å². The molecule has 1 aromatic heterocycles. The molecular weight excluding hydrogens is 278 g/mol. The molecule has 0 spiro atoms. The monoisotopic (exact) mass is 293 g/mol. The van der Waals surface area contributed by atoms with Crippen molar-refractivity contribution in [2.24, 2.45) is 11.5 Å². The molecule has 0 aliphatic carbocycles. The number of pyridine rings is 1. The third-order valence-corrected chi connectivity index (χ3v) is 3.43. The highest BCUT2D eigenvalue weighted by atomic mass is 16.5. The van der Waals surface area contributed by atoms with E-state index in [1.54, 1.807) is 12.1 Å². The maximum absolute atomic E-state index is 11.0. The number of amides is 1. The summed E-state index contributed by atoms with van der Waals surface area (Å²) in [6.45, 7) is 0.465. The Kier molecular flexibility index (Phi) is 3.72. The Morgan fingerprint density at radius 2 is 1.82 bits per heavy atom. The zero-order valence-corrected chi connectivity index (χ0v) is 11.8. The second-order valence-corrected chi connectivity index (χ2v) is 4.82. The molecule has 2 aromatic carbocycles. The van der Waals surface area contributed by atoms with Gasteiger partial charge in [0.2, 0.25) is 11.8 Å². The predicted molar refractivity (Wildman–Crippen MR) is 84.7 cm³/mol. The zero-order valence-electron chi connectivity index (χ0n) is 11.8. The molecule has 0 saturated carbocycles. The van der Waals surface area contributed by atoms with Gasteiger partial charge < -0.3 is 16.2 Å². The van der Waals surface area contributed by atoms with Crippen molar-refractivity contribution < 1.29 is 9.53 Å². The summed E-state index contributed by atoms with van der Waals surface area (Å²) in [5.74, 6) is 0.569. The van der Waals surface area contributed by atoms with Crippen LogP contribution in [0.5, 0.6) is 11.6 Å². The summed E-state index contributed by atoms with van der Waals surface area (Å²) in [6, 6.07) is 14.9. The number of rotatable bonds is 4. The molecule has 0 bridgehead atoms. The minimum absolute atomic E-state index is 0.343. The Hall–Kier alpha value is -2.92. The normalized spacial score (nSPS) is 10.6. The van der Waals surface area contributed by atoms with Crippen LogP contribution in [-0.2, 0) is 6.54 Å². The summed E-state index contributed by atoms with van der Waals surface area (Å²) in [5, 5.41) is 2.02. The fourth-order valence-corrected chi connectivity index (χ4v) is 2.30. The number of ether oxygens (including phenoxy) is 1. The first-order chi connectivity index (χ1) is 10.7. The smallest absolute Gasteiger partial charge is 0.250 e. The van der Waals surface area contributed by atoms with Gasteiger partial charge >= 0.3 is 0 Å². The number of aromatic nitrogens is 1. The maximum Gasteiger partial charge on any atom is 0.250 e. The lowest BCUT2D eigenvalue weighted by Crippen LogP contribution is -2.10. The van der Waals surface area contributed by atoms with E-state index in [0.717, 1.165) is 16.3 Å². The third-order valence-electron chi connectivity index (χ3n) is 3.43. The summed E-state index contributed by atoms with van der Waals surface area (Å²) in [6.07, 6.45) is 1.40. The molecule has 0 aliphatic rings. The van der Waals surface area contributed by atoms with Crippen molar-refractivity contribution >= 4 is 16.7 Å². The van der Waals surface area contributed by atoms with Gasteiger partial charge in [-0.3, -0.25) is 4.79 Å². The van der Waals surface area contributed by atoms with Crippen molar-refractivity contribution in [1.82, 2.24) is 4.98 Å². The Morgan fingerprint density at radius 1 is 1.05 bits per heavy atom. The lowest BCUT2D eigenvalue weighted by atomic mass is 10.0. The molecule has 0 atom stereocenters. The standard InChI is InChI=1S/C17H15N3O2/c18-9-11-5-7-15(14-4-2-1-3-13(11)14)22-16-8-6-12(10-20-16)17(19)21/h1-8,10H,9,18H2,(H2,19,21). The van der Waals surface area contributed by atoms with Crippen molar-refractivity contribution in [2.45, 2.75) is 6.54 Å². The Labute approximate surface area is 127 Å². The molecule has 1 amide bonds. The molecule has 0 aliphatic heterocycles. The lowest BCUT2D eigenvalue weighted by molar-refractivity contribution is 0.1000. The molecule has 5 heteroatoms. The van der Waals surface area contributed by atoms with Gasteiger partial charge in [0.1, 0.15) is 5.75 Å². The van der Waals surface area contributed by atoms with E-state index in [9.17, 15) is 4.79 Å². The number of fused-ring (bicyclic) bond motifs is 1. The first-order valence-electron chi connectivity index (χ1n) is 6.83. The van der Waals surface area contributed by atoms with Gasteiger partial charge in [0.25, 0.3) is 0 Å². The van der Waals surface area contributed by atoms with Gasteiger partial charge in [0, 0.05) is 24.2 Å². The van der Waals surface area contributed by atoms with E-state index in [-0.39, 0.29) is 0 Å².